The first-order valence-electron chi connectivity index (χ1n) is 13.9. The van der Waals surface area contributed by atoms with Crippen molar-refractivity contribution < 1.29 is 0 Å². The van der Waals surface area contributed by atoms with Crippen molar-refractivity contribution >= 4 is 11.1 Å². The zero-order chi connectivity index (χ0) is 28.0. The van der Waals surface area contributed by atoms with E-state index in [1.807, 2.05) is 12.2 Å². The molecule has 0 heteroatoms. The monoisotopic (exact) mass is 514 g/mol. The van der Waals surface area contributed by atoms with Crippen molar-refractivity contribution in [2.75, 3.05) is 0 Å². The fourth-order valence-corrected chi connectivity index (χ4v) is 6.91. The second kappa shape index (κ2) is 9.81. The smallest absolute Gasteiger partial charge is 0.0722 e. The highest BCUT2D eigenvalue weighted by molar-refractivity contribution is 6.04. The highest BCUT2D eigenvalue weighted by atomic mass is 14.5. The first kappa shape index (κ1) is 25.6. The molecule has 4 aromatic rings. The SMILES string of the molecule is C=C/C=C1\C(=C/C)C2(/C(=C/C=C)C(=C)c3ccc(-c4ccc(C)c(-c5ccccc5C)c4)cc32)c2ccccc21. The fourth-order valence-electron chi connectivity index (χ4n) is 6.91. The van der Waals surface area contributed by atoms with Gasteiger partial charge in [0, 0.05) is 0 Å². The lowest BCUT2D eigenvalue weighted by molar-refractivity contribution is 0.794. The summed E-state index contributed by atoms with van der Waals surface area (Å²) in [5.41, 5.74) is 16.8. The van der Waals surface area contributed by atoms with E-state index < -0.39 is 5.41 Å². The molecule has 0 radical (unpaired) electrons. The summed E-state index contributed by atoms with van der Waals surface area (Å²) < 4.78 is 0. The molecular weight excluding hydrogens is 480 g/mol. The Morgan fingerprint density at radius 3 is 1.98 bits per heavy atom. The van der Waals surface area contributed by atoms with Gasteiger partial charge in [-0.05, 0) is 111 Å². The molecule has 0 heterocycles. The lowest BCUT2D eigenvalue weighted by Crippen LogP contribution is -2.26. The Labute approximate surface area is 238 Å². The lowest BCUT2D eigenvalue weighted by Gasteiger charge is -2.31. The summed E-state index contributed by atoms with van der Waals surface area (Å²) >= 11 is 0. The standard InChI is InChI=1S/C40H34/c1-7-14-33-34-18-12-13-19-38(34)40(36(33)9-3)37(15-8-2)28(6)32-23-22-30(25-39(32)40)29-21-20-27(5)35(24-29)31-17-11-10-16-26(31)4/h7-25H,1-2,6H2,3-5H3/b33-14-,36-9+,37-15+. The third-order valence-electron chi connectivity index (χ3n) is 8.66. The molecule has 0 saturated heterocycles. The highest BCUT2D eigenvalue weighted by Crippen LogP contribution is 2.64. The first-order chi connectivity index (χ1) is 19.5. The maximum absolute atomic E-state index is 4.62. The molecule has 1 atom stereocenters. The zero-order valence-electron chi connectivity index (χ0n) is 23.6. The molecule has 40 heavy (non-hydrogen) atoms. The van der Waals surface area contributed by atoms with E-state index in [0.717, 1.165) is 5.57 Å². The van der Waals surface area contributed by atoms with Crippen molar-refractivity contribution in [3.63, 3.8) is 0 Å². The Morgan fingerprint density at radius 2 is 1.25 bits per heavy atom. The third kappa shape index (κ3) is 3.53. The van der Waals surface area contributed by atoms with Crippen LogP contribution in [0.1, 0.15) is 40.3 Å². The van der Waals surface area contributed by atoms with E-state index in [9.17, 15) is 0 Å². The molecular formula is C40H34. The Kier molecular flexibility index (Phi) is 6.28. The van der Waals surface area contributed by atoms with Crippen LogP contribution in [-0.4, -0.2) is 0 Å². The summed E-state index contributed by atoms with van der Waals surface area (Å²) in [6.07, 6.45) is 10.4. The van der Waals surface area contributed by atoms with E-state index in [1.54, 1.807) is 0 Å². The van der Waals surface area contributed by atoms with Gasteiger partial charge in [0.15, 0.2) is 0 Å². The molecule has 1 unspecified atom stereocenters. The quantitative estimate of drug-likeness (QED) is 0.254. The van der Waals surface area contributed by atoms with Crippen molar-refractivity contribution in [3.05, 3.63) is 180 Å². The molecule has 194 valence electrons. The lowest BCUT2D eigenvalue weighted by atomic mass is 9.69. The van der Waals surface area contributed by atoms with Crippen molar-refractivity contribution in [1.29, 1.82) is 0 Å². The summed E-state index contributed by atoms with van der Waals surface area (Å²) in [5, 5.41) is 0. The minimum atomic E-state index is -0.458. The van der Waals surface area contributed by atoms with Crippen LogP contribution in [0.2, 0.25) is 0 Å². The molecule has 2 aliphatic rings. The van der Waals surface area contributed by atoms with Gasteiger partial charge in [-0.25, -0.2) is 0 Å². The minimum absolute atomic E-state index is 0.458. The number of aryl methyl sites for hydroxylation is 2. The largest absolute Gasteiger partial charge is 0.0991 e. The van der Waals surface area contributed by atoms with Crippen molar-refractivity contribution in [1.82, 2.24) is 0 Å². The Bertz CT molecular complexity index is 1820. The van der Waals surface area contributed by atoms with Gasteiger partial charge in [-0.2, -0.15) is 0 Å². The molecule has 1 spiro atoms. The van der Waals surface area contributed by atoms with Gasteiger partial charge in [0.25, 0.3) is 0 Å². The molecule has 0 fully saturated rings. The normalized spacial score (nSPS) is 20.4. The number of benzene rings is 4. The third-order valence-corrected chi connectivity index (χ3v) is 8.66. The fraction of sp³-hybridized carbons (Fsp3) is 0.100. The zero-order valence-corrected chi connectivity index (χ0v) is 23.6. The van der Waals surface area contributed by atoms with E-state index in [2.05, 4.69) is 144 Å². The Hall–Kier alpha value is -4.68. The summed E-state index contributed by atoms with van der Waals surface area (Å²) in [7, 11) is 0. The van der Waals surface area contributed by atoms with Gasteiger partial charge in [0.2, 0.25) is 0 Å². The second-order valence-electron chi connectivity index (χ2n) is 10.7. The van der Waals surface area contributed by atoms with Crippen LogP contribution in [-0.2, 0) is 5.41 Å². The topological polar surface area (TPSA) is 0 Å². The molecule has 0 nitrogen and oxygen atoms in total. The van der Waals surface area contributed by atoms with Crippen LogP contribution in [0.4, 0.5) is 0 Å². The number of fused-ring (bicyclic) bond motifs is 4. The maximum atomic E-state index is 4.62. The van der Waals surface area contributed by atoms with Crippen molar-refractivity contribution in [2.24, 2.45) is 0 Å². The average molecular weight is 515 g/mol. The summed E-state index contributed by atoms with van der Waals surface area (Å²) in [4.78, 5) is 0. The first-order valence-corrected chi connectivity index (χ1v) is 13.9. The van der Waals surface area contributed by atoms with Crippen LogP contribution < -0.4 is 0 Å². The predicted molar refractivity (Wildman–Crippen MR) is 173 cm³/mol. The molecule has 0 saturated carbocycles. The van der Waals surface area contributed by atoms with Gasteiger partial charge in [0.1, 0.15) is 0 Å². The minimum Gasteiger partial charge on any atom is -0.0991 e. The number of hydrogen-bond donors (Lipinski definition) is 0. The molecule has 0 amide bonds. The van der Waals surface area contributed by atoms with Crippen LogP contribution in [0.5, 0.6) is 0 Å². The molecule has 0 bridgehead atoms. The van der Waals surface area contributed by atoms with Gasteiger partial charge in [0.05, 0.1) is 5.41 Å². The molecule has 0 aromatic heterocycles. The number of allylic oxidation sites excluding steroid dienone is 9. The van der Waals surface area contributed by atoms with Crippen LogP contribution in [0.15, 0.2) is 146 Å². The highest BCUT2D eigenvalue weighted by Gasteiger charge is 2.54. The summed E-state index contributed by atoms with van der Waals surface area (Å²) in [5.74, 6) is 0. The number of hydrogen-bond acceptors (Lipinski definition) is 0. The van der Waals surface area contributed by atoms with Gasteiger partial charge in [-0.3, -0.25) is 0 Å². The Balaban J connectivity index is 1.64. The van der Waals surface area contributed by atoms with E-state index in [0.29, 0.717) is 0 Å². The van der Waals surface area contributed by atoms with Crippen molar-refractivity contribution in [3.8, 4) is 22.3 Å². The average Bonchev–Trinajstić information content (AvgIpc) is 3.39. The Morgan fingerprint density at radius 1 is 0.600 bits per heavy atom. The molecule has 2 aliphatic carbocycles. The van der Waals surface area contributed by atoms with Gasteiger partial charge in [-0.1, -0.05) is 123 Å². The van der Waals surface area contributed by atoms with E-state index in [-0.39, 0.29) is 0 Å². The van der Waals surface area contributed by atoms with Gasteiger partial charge < -0.3 is 0 Å². The van der Waals surface area contributed by atoms with Gasteiger partial charge >= 0.3 is 0 Å². The van der Waals surface area contributed by atoms with E-state index in [4.69, 9.17) is 0 Å². The summed E-state index contributed by atoms with van der Waals surface area (Å²) in [6.45, 7) is 19.3. The maximum Gasteiger partial charge on any atom is 0.0722 e. The van der Waals surface area contributed by atoms with Gasteiger partial charge in [-0.15, -0.1) is 0 Å². The second-order valence-corrected chi connectivity index (χ2v) is 10.7. The number of rotatable bonds is 4. The van der Waals surface area contributed by atoms with Crippen LogP contribution >= 0.6 is 0 Å². The summed E-state index contributed by atoms with van der Waals surface area (Å²) in [6, 6.07) is 31.2. The molecule has 0 N–H and O–H groups in total. The van der Waals surface area contributed by atoms with Crippen LogP contribution in [0, 0.1) is 13.8 Å². The van der Waals surface area contributed by atoms with E-state index >= 15 is 0 Å². The van der Waals surface area contributed by atoms with Crippen LogP contribution in [0.3, 0.4) is 0 Å². The van der Waals surface area contributed by atoms with Crippen LogP contribution in [0.25, 0.3) is 33.4 Å². The van der Waals surface area contributed by atoms with Crippen molar-refractivity contribution in [2.45, 2.75) is 26.2 Å². The molecule has 6 rings (SSSR count). The predicted octanol–water partition coefficient (Wildman–Crippen LogP) is 10.6. The van der Waals surface area contributed by atoms with E-state index in [1.165, 1.54) is 72.4 Å². The molecule has 0 aliphatic heterocycles. The molecule has 4 aromatic carbocycles.